The summed E-state index contributed by atoms with van der Waals surface area (Å²) in [5.74, 6) is 0.908. The molecule has 162 valence electrons. The van der Waals surface area contributed by atoms with Crippen LogP contribution in [0.15, 0.2) is 47.8 Å². The first-order chi connectivity index (χ1) is 15.0. The van der Waals surface area contributed by atoms with Crippen molar-refractivity contribution in [2.45, 2.75) is 32.1 Å². The first-order valence-electron chi connectivity index (χ1n) is 10.5. The Morgan fingerprint density at radius 3 is 2.65 bits per heavy atom. The molecule has 0 saturated carbocycles. The fourth-order valence-corrected chi connectivity index (χ4v) is 4.09. The number of carbonyl (C=O) groups is 2. The van der Waals surface area contributed by atoms with Crippen LogP contribution in [0.2, 0.25) is 0 Å². The minimum absolute atomic E-state index is 0.0515. The molecule has 0 bridgehead atoms. The molecule has 1 amide bonds. The Hall–Kier alpha value is -3.42. The van der Waals surface area contributed by atoms with E-state index < -0.39 is 0 Å². The molecule has 1 aromatic carbocycles. The number of nitrogens with one attached hydrogen (secondary N) is 1. The quantitative estimate of drug-likeness (QED) is 0.590. The van der Waals surface area contributed by atoms with Crippen LogP contribution in [-0.2, 0) is 11.2 Å². The van der Waals surface area contributed by atoms with Crippen molar-refractivity contribution in [3.63, 3.8) is 0 Å². The number of fused-ring (bicyclic) bond motifs is 1. The molecule has 4 rings (SSSR count). The molecule has 0 spiro atoms. The van der Waals surface area contributed by atoms with Gasteiger partial charge in [-0.2, -0.15) is 0 Å². The number of H-pyrrole nitrogens is 1. The van der Waals surface area contributed by atoms with Gasteiger partial charge in [-0.05, 0) is 49.9 Å². The molecule has 3 aromatic rings. The molecule has 1 fully saturated rings. The largest absolute Gasteiger partial charge is 0.497 e. The van der Waals surface area contributed by atoms with Crippen molar-refractivity contribution in [1.29, 1.82) is 0 Å². The van der Waals surface area contributed by atoms with Gasteiger partial charge in [0.05, 0.1) is 19.6 Å². The van der Waals surface area contributed by atoms with Gasteiger partial charge in [0.1, 0.15) is 11.3 Å². The standard InChI is InChI=1S/C23H26N4O4/c1-31-19-7-5-16(6-8-19)22(29)17-9-11-26(12-10-17)21(28)4-2-3-18-14-27-15-24-13-20(27)23(30)25-18/h5-8,13-15,17H,2-4,9-12H2,1H3,(H,25,30). The predicted molar refractivity (Wildman–Crippen MR) is 115 cm³/mol. The van der Waals surface area contributed by atoms with E-state index in [1.54, 1.807) is 42.1 Å². The third-order valence-electron chi connectivity index (χ3n) is 5.90. The van der Waals surface area contributed by atoms with Crippen molar-refractivity contribution in [2.75, 3.05) is 20.2 Å². The fraction of sp³-hybridized carbons (Fsp3) is 0.391. The molecule has 0 radical (unpaired) electrons. The van der Waals surface area contributed by atoms with E-state index in [0.717, 1.165) is 11.4 Å². The number of Topliss-reactive ketones (excluding diaryl/α,β-unsaturated/α-hetero) is 1. The lowest BCUT2D eigenvalue weighted by atomic mass is 9.88. The van der Waals surface area contributed by atoms with Crippen molar-refractivity contribution in [3.05, 3.63) is 64.6 Å². The fourth-order valence-electron chi connectivity index (χ4n) is 4.09. The maximum absolute atomic E-state index is 12.7. The number of likely N-dealkylation sites (tertiary alicyclic amines) is 1. The lowest BCUT2D eigenvalue weighted by molar-refractivity contribution is -0.132. The summed E-state index contributed by atoms with van der Waals surface area (Å²) in [6, 6.07) is 7.18. The number of carbonyl (C=O) groups excluding carboxylic acids is 2. The minimum atomic E-state index is -0.176. The highest BCUT2D eigenvalue weighted by Gasteiger charge is 2.27. The number of hydrogen-bond donors (Lipinski definition) is 1. The maximum Gasteiger partial charge on any atom is 0.274 e. The molecule has 3 heterocycles. The molecule has 1 aliphatic rings. The molecule has 2 aromatic heterocycles. The van der Waals surface area contributed by atoms with Gasteiger partial charge in [0.25, 0.3) is 5.56 Å². The number of amides is 1. The molecule has 1 saturated heterocycles. The number of imidazole rings is 1. The number of aromatic amines is 1. The lowest BCUT2D eigenvalue weighted by Crippen LogP contribution is -2.40. The van der Waals surface area contributed by atoms with Crippen LogP contribution in [0.25, 0.3) is 5.52 Å². The second-order valence-electron chi connectivity index (χ2n) is 7.90. The molecule has 0 atom stereocenters. The van der Waals surface area contributed by atoms with Gasteiger partial charge < -0.3 is 14.6 Å². The van der Waals surface area contributed by atoms with Crippen molar-refractivity contribution in [1.82, 2.24) is 19.3 Å². The smallest absolute Gasteiger partial charge is 0.274 e. The number of benzene rings is 1. The average Bonchev–Trinajstić information content (AvgIpc) is 3.28. The number of piperidine rings is 1. The number of hydrogen-bond acceptors (Lipinski definition) is 5. The zero-order valence-corrected chi connectivity index (χ0v) is 17.5. The van der Waals surface area contributed by atoms with Crippen molar-refractivity contribution < 1.29 is 14.3 Å². The Labute approximate surface area is 179 Å². The first-order valence-corrected chi connectivity index (χ1v) is 10.5. The zero-order valence-electron chi connectivity index (χ0n) is 17.5. The van der Waals surface area contributed by atoms with Gasteiger partial charge in [-0.3, -0.25) is 18.8 Å². The number of aromatic nitrogens is 3. The van der Waals surface area contributed by atoms with Gasteiger partial charge in [-0.25, -0.2) is 4.98 Å². The van der Waals surface area contributed by atoms with Gasteiger partial charge in [-0.15, -0.1) is 0 Å². The summed E-state index contributed by atoms with van der Waals surface area (Å²) in [7, 11) is 1.60. The highest BCUT2D eigenvalue weighted by molar-refractivity contribution is 5.98. The SMILES string of the molecule is COc1ccc(C(=O)C2CCN(C(=O)CCCc3cn4cncc4c(=O)[nH]3)CC2)cc1. The van der Waals surface area contributed by atoms with Crippen molar-refractivity contribution in [3.8, 4) is 5.75 Å². The molecule has 1 N–H and O–H groups in total. The molecule has 8 nitrogen and oxygen atoms in total. The molecule has 0 aliphatic carbocycles. The second kappa shape index (κ2) is 9.16. The summed E-state index contributed by atoms with van der Waals surface area (Å²) in [5, 5.41) is 0. The molecule has 31 heavy (non-hydrogen) atoms. The van der Waals surface area contributed by atoms with Crippen molar-refractivity contribution in [2.24, 2.45) is 5.92 Å². The molecule has 1 aliphatic heterocycles. The van der Waals surface area contributed by atoms with Crippen LogP contribution >= 0.6 is 0 Å². The summed E-state index contributed by atoms with van der Waals surface area (Å²) < 4.78 is 6.83. The number of rotatable bonds is 7. The summed E-state index contributed by atoms with van der Waals surface area (Å²) in [6.45, 7) is 1.20. The third kappa shape index (κ3) is 4.68. The average molecular weight is 422 g/mol. The van der Waals surface area contributed by atoms with Gasteiger partial charge in [-0.1, -0.05) is 0 Å². The third-order valence-corrected chi connectivity index (χ3v) is 5.90. The van der Waals surface area contributed by atoms with E-state index >= 15 is 0 Å². The second-order valence-corrected chi connectivity index (χ2v) is 7.90. The van der Waals surface area contributed by atoms with E-state index in [9.17, 15) is 14.4 Å². The van der Waals surface area contributed by atoms with Gasteiger partial charge in [0, 0.05) is 42.9 Å². The van der Waals surface area contributed by atoms with E-state index in [1.807, 2.05) is 11.1 Å². The number of ketones is 1. The van der Waals surface area contributed by atoms with Gasteiger partial charge in [0.2, 0.25) is 5.91 Å². The summed E-state index contributed by atoms with van der Waals surface area (Å²) in [4.78, 5) is 46.0. The lowest BCUT2D eigenvalue weighted by Gasteiger charge is -2.31. The van der Waals surface area contributed by atoms with E-state index in [1.165, 1.54) is 6.20 Å². The Bertz CT molecular complexity index is 1120. The van der Waals surface area contributed by atoms with Gasteiger partial charge in [0.15, 0.2) is 5.78 Å². The Kier molecular flexibility index (Phi) is 6.16. The van der Waals surface area contributed by atoms with Crippen LogP contribution in [0.1, 0.15) is 41.7 Å². The van der Waals surface area contributed by atoms with Crippen LogP contribution in [0.4, 0.5) is 0 Å². The number of methoxy groups -OCH3 is 1. The molecule has 8 heteroatoms. The molecular weight excluding hydrogens is 396 g/mol. The Morgan fingerprint density at radius 2 is 1.94 bits per heavy atom. The highest BCUT2D eigenvalue weighted by Crippen LogP contribution is 2.23. The minimum Gasteiger partial charge on any atom is -0.497 e. The maximum atomic E-state index is 12.7. The van der Waals surface area contributed by atoms with Crippen molar-refractivity contribution >= 4 is 17.2 Å². The Morgan fingerprint density at radius 1 is 1.19 bits per heavy atom. The summed E-state index contributed by atoms with van der Waals surface area (Å²) in [6.07, 6.45) is 8.00. The predicted octanol–water partition coefficient (Wildman–Crippen LogP) is 2.48. The zero-order chi connectivity index (χ0) is 21.8. The number of nitrogens with zero attached hydrogens (tertiary/aromatic N) is 3. The Balaban J connectivity index is 1.25. The van der Waals surface area contributed by atoms with E-state index in [-0.39, 0.29) is 23.2 Å². The first kappa shape index (κ1) is 20.8. The molecule has 0 unspecified atom stereocenters. The van der Waals surface area contributed by atoms with Crippen LogP contribution in [0.3, 0.4) is 0 Å². The van der Waals surface area contributed by atoms with E-state index in [4.69, 9.17) is 4.74 Å². The summed E-state index contributed by atoms with van der Waals surface area (Å²) in [5.41, 5.74) is 1.80. The number of ether oxygens (including phenoxy) is 1. The molecular formula is C23H26N4O4. The topological polar surface area (TPSA) is 96.8 Å². The highest BCUT2D eigenvalue weighted by atomic mass is 16.5. The van der Waals surface area contributed by atoms with Gasteiger partial charge >= 0.3 is 0 Å². The van der Waals surface area contributed by atoms with E-state index in [2.05, 4.69) is 9.97 Å². The van der Waals surface area contributed by atoms with Crippen LogP contribution in [0.5, 0.6) is 5.75 Å². The van der Waals surface area contributed by atoms with Crippen LogP contribution in [-0.4, -0.2) is 51.2 Å². The van der Waals surface area contributed by atoms with E-state index in [0.29, 0.717) is 56.3 Å². The number of aryl methyl sites for hydroxylation is 1. The van der Waals surface area contributed by atoms with Crippen LogP contribution in [0, 0.1) is 5.92 Å². The van der Waals surface area contributed by atoms with Crippen LogP contribution < -0.4 is 10.3 Å². The monoisotopic (exact) mass is 422 g/mol. The normalized spacial score (nSPS) is 14.7. The summed E-state index contributed by atoms with van der Waals surface area (Å²) >= 11 is 0.